The molecule has 0 bridgehead atoms. The van der Waals surface area contributed by atoms with E-state index in [0.29, 0.717) is 12.5 Å². The smallest absolute Gasteiger partial charge is 0.0976 e. The Bertz CT molecular complexity index is 175. The predicted octanol–water partition coefficient (Wildman–Crippen LogP) is 1.89. The van der Waals surface area contributed by atoms with Crippen molar-refractivity contribution in [2.75, 3.05) is 26.8 Å². The first-order valence-corrected chi connectivity index (χ1v) is 5.28. The van der Waals surface area contributed by atoms with Crippen molar-refractivity contribution in [3.8, 4) is 6.07 Å². The lowest BCUT2D eigenvalue weighted by Gasteiger charge is -2.27. The van der Waals surface area contributed by atoms with Gasteiger partial charge in [-0.05, 0) is 12.3 Å². The summed E-state index contributed by atoms with van der Waals surface area (Å²) in [6.07, 6.45) is 0.882. The lowest BCUT2D eigenvalue weighted by molar-refractivity contribution is 0.124. The summed E-state index contributed by atoms with van der Waals surface area (Å²) in [6, 6.07) is 2.37. The Kier molecular flexibility index (Phi) is 7.45. The van der Waals surface area contributed by atoms with Crippen LogP contribution in [-0.4, -0.2) is 37.7 Å². The van der Waals surface area contributed by atoms with Crippen molar-refractivity contribution in [3.05, 3.63) is 0 Å². The molecule has 0 fully saturated rings. The van der Waals surface area contributed by atoms with Crippen LogP contribution in [0.4, 0.5) is 0 Å². The van der Waals surface area contributed by atoms with E-state index in [1.165, 1.54) is 0 Å². The third-order valence-electron chi connectivity index (χ3n) is 2.16. The topological polar surface area (TPSA) is 36.3 Å². The molecule has 3 heteroatoms. The molecule has 0 N–H and O–H groups in total. The molecule has 82 valence electrons. The zero-order valence-electron chi connectivity index (χ0n) is 9.79. The molecule has 0 aliphatic heterocycles. The molecule has 0 aromatic rings. The van der Waals surface area contributed by atoms with Gasteiger partial charge in [-0.3, -0.25) is 4.90 Å². The third kappa shape index (κ3) is 5.21. The van der Waals surface area contributed by atoms with E-state index in [1.54, 1.807) is 7.11 Å². The second kappa shape index (κ2) is 7.78. The average molecular weight is 198 g/mol. The van der Waals surface area contributed by atoms with Crippen molar-refractivity contribution in [2.24, 2.45) is 5.92 Å². The van der Waals surface area contributed by atoms with Crippen LogP contribution in [0.1, 0.15) is 27.2 Å². The Balaban J connectivity index is 4.15. The number of rotatable bonds is 7. The van der Waals surface area contributed by atoms with Gasteiger partial charge in [0.15, 0.2) is 0 Å². The molecule has 0 aromatic carbocycles. The molecule has 0 spiro atoms. The maximum absolute atomic E-state index is 8.98. The zero-order chi connectivity index (χ0) is 11.0. The molecule has 0 saturated heterocycles. The second-order valence-corrected chi connectivity index (χ2v) is 3.93. The average Bonchev–Trinajstić information content (AvgIpc) is 2.15. The quantitative estimate of drug-likeness (QED) is 0.627. The van der Waals surface area contributed by atoms with E-state index in [2.05, 4.69) is 24.8 Å². The van der Waals surface area contributed by atoms with Gasteiger partial charge in [-0.1, -0.05) is 20.8 Å². The highest BCUT2D eigenvalue weighted by atomic mass is 16.5. The second-order valence-electron chi connectivity index (χ2n) is 3.93. The van der Waals surface area contributed by atoms with Crippen LogP contribution < -0.4 is 0 Å². The minimum Gasteiger partial charge on any atom is -0.383 e. The van der Waals surface area contributed by atoms with Crippen molar-refractivity contribution in [2.45, 2.75) is 33.2 Å². The van der Waals surface area contributed by atoms with Crippen LogP contribution in [0, 0.1) is 17.2 Å². The van der Waals surface area contributed by atoms with Crippen LogP contribution in [-0.2, 0) is 4.74 Å². The Morgan fingerprint density at radius 2 is 2.07 bits per heavy atom. The molecule has 0 saturated carbocycles. The number of nitrogens with zero attached hydrogens (tertiary/aromatic N) is 2. The van der Waals surface area contributed by atoms with Gasteiger partial charge in [0.2, 0.25) is 0 Å². The fourth-order valence-electron chi connectivity index (χ4n) is 1.48. The summed E-state index contributed by atoms with van der Waals surface area (Å²) >= 11 is 0. The van der Waals surface area contributed by atoms with Crippen molar-refractivity contribution in [1.29, 1.82) is 5.26 Å². The first-order valence-electron chi connectivity index (χ1n) is 5.28. The summed E-state index contributed by atoms with van der Waals surface area (Å²) in [5.74, 6) is 0.592. The van der Waals surface area contributed by atoms with Gasteiger partial charge in [0, 0.05) is 20.2 Å². The Labute approximate surface area is 87.7 Å². The van der Waals surface area contributed by atoms with Crippen LogP contribution in [0.15, 0.2) is 0 Å². The molecular weight excluding hydrogens is 176 g/mol. The molecule has 0 aromatic heterocycles. The van der Waals surface area contributed by atoms with E-state index in [0.717, 1.165) is 19.5 Å². The van der Waals surface area contributed by atoms with Gasteiger partial charge < -0.3 is 4.74 Å². The fraction of sp³-hybridized carbons (Fsp3) is 0.909. The van der Waals surface area contributed by atoms with Crippen molar-refractivity contribution in [1.82, 2.24) is 4.90 Å². The van der Waals surface area contributed by atoms with Gasteiger partial charge in [-0.2, -0.15) is 5.26 Å². The lowest BCUT2D eigenvalue weighted by Crippen LogP contribution is -2.38. The van der Waals surface area contributed by atoms with Gasteiger partial charge >= 0.3 is 0 Å². The van der Waals surface area contributed by atoms with Crippen molar-refractivity contribution in [3.63, 3.8) is 0 Å². The van der Waals surface area contributed by atoms with E-state index in [4.69, 9.17) is 10.00 Å². The summed E-state index contributed by atoms with van der Waals surface area (Å²) in [5, 5.41) is 8.98. The monoisotopic (exact) mass is 198 g/mol. The summed E-state index contributed by atoms with van der Waals surface area (Å²) in [7, 11) is 1.70. The maximum atomic E-state index is 8.98. The van der Waals surface area contributed by atoms with Gasteiger partial charge in [0.25, 0.3) is 0 Å². The number of hydrogen-bond donors (Lipinski definition) is 0. The molecule has 0 aliphatic carbocycles. The van der Waals surface area contributed by atoms with E-state index < -0.39 is 0 Å². The van der Waals surface area contributed by atoms with Crippen molar-refractivity contribution < 1.29 is 4.74 Å². The summed E-state index contributed by atoms with van der Waals surface area (Å²) < 4.78 is 5.04. The molecule has 0 aliphatic rings. The molecule has 0 amide bonds. The largest absolute Gasteiger partial charge is 0.383 e. The van der Waals surface area contributed by atoms with Gasteiger partial charge in [0.05, 0.1) is 18.7 Å². The molecular formula is C11H22N2O. The van der Waals surface area contributed by atoms with E-state index >= 15 is 0 Å². The Morgan fingerprint density at radius 1 is 1.43 bits per heavy atom. The minimum atomic E-state index is 0.0348. The fourth-order valence-corrected chi connectivity index (χ4v) is 1.48. The summed E-state index contributed by atoms with van der Waals surface area (Å²) in [4.78, 5) is 2.20. The standard InChI is InChI=1S/C11H22N2O/c1-5-11(8-12)13(6-7-14-4)9-10(2)3/h10-11H,5-7,9H2,1-4H3. The molecule has 1 atom stereocenters. The SMILES string of the molecule is CCC(C#N)N(CCOC)CC(C)C. The van der Waals surface area contributed by atoms with E-state index in [-0.39, 0.29) is 6.04 Å². The van der Waals surface area contributed by atoms with Crippen LogP contribution in [0.25, 0.3) is 0 Å². The number of hydrogen-bond acceptors (Lipinski definition) is 3. The Hall–Kier alpha value is -0.590. The highest BCUT2D eigenvalue weighted by Crippen LogP contribution is 2.06. The molecule has 1 unspecified atom stereocenters. The normalized spacial score (nSPS) is 13.2. The molecule has 0 radical (unpaired) electrons. The number of ether oxygens (including phenoxy) is 1. The molecule has 3 nitrogen and oxygen atoms in total. The van der Waals surface area contributed by atoms with Crippen LogP contribution >= 0.6 is 0 Å². The minimum absolute atomic E-state index is 0.0348. The molecule has 0 rings (SSSR count). The molecule has 0 heterocycles. The first kappa shape index (κ1) is 13.4. The first-order chi connectivity index (χ1) is 6.65. The third-order valence-corrected chi connectivity index (χ3v) is 2.16. The van der Waals surface area contributed by atoms with Gasteiger partial charge in [-0.15, -0.1) is 0 Å². The number of nitriles is 1. The summed E-state index contributed by atoms with van der Waals surface area (Å²) in [5.41, 5.74) is 0. The highest BCUT2D eigenvalue weighted by molar-refractivity contribution is 4.90. The maximum Gasteiger partial charge on any atom is 0.0976 e. The Morgan fingerprint density at radius 3 is 2.43 bits per heavy atom. The van der Waals surface area contributed by atoms with Crippen LogP contribution in [0.3, 0.4) is 0 Å². The zero-order valence-corrected chi connectivity index (χ0v) is 9.79. The summed E-state index contributed by atoms with van der Waals surface area (Å²) in [6.45, 7) is 8.91. The lowest BCUT2D eigenvalue weighted by atomic mass is 10.1. The number of methoxy groups -OCH3 is 1. The van der Waals surface area contributed by atoms with Crippen LogP contribution in [0.2, 0.25) is 0 Å². The van der Waals surface area contributed by atoms with Crippen molar-refractivity contribution >= 4 is 0 Å². The van der Waals surface area contributed by atoms with Crippen LogP contribution in [0.5, 0.6) is 0 Å². The highest BCUT2D eigenvalue weighted by Gasteiger charge is 2.16. The van der Waals surface area contributed by atoms with Gasteiger partial charge in [0.1, 0.15) is 0 Å². The van der Waals surface area contributed by atoms with E-state index in [9.17, 15) is 0 Å². The van der Waals surface area contributed by atoms with E-state index in [1.807, 2.05) is 6.92 Å². The molecule has 14 heavy (non-hydrogen) atoms. The predicted molar refractivity (Wildman–Crippen MR) is 58.0 cm³/mol. The van der Waals surface area contributed by atoms with Gasteiger partial charge in [-0.25, -0.2) is 0 Å².